The molecule has 0 heterocycles. The molecule has 18 heavy (non-hydrogen) atoms. The first-order valence-electron chi connectivity index (χ1n) is 7.14. The molecule has 0 saturated carbocycles. The molecule has 0 saturated heterocycles. The van der Waals surface area contributed by atoms with Crippen LogP contribution in [0.3, 0.4) is 0 Å². The Bertz CT molecular complexity index is 319. The standard InChI is InChI=1S/C16H28N2/c1-4-15(17)10-14(11-16(18)5-2)13-8-6-12(3)7-9-13/h6-9,14-16H,4-5,10-11,17-18H2,1-3H3. The molecule has 1 aromatic rings. The molecule has 2 nitrogen and oxygen atoms in total. The van der Waals surface area contributed by atoms with Crippen LogP contribution in [0, 0.1) is 6.92 Å². The van der Waals surface area contributed by atoms with Gasteiger partial charge in [-0.1, -0.05) is 43.7 Å². The van der Waals surface area contributed by atoms with E-state index in [1.54, 1.807) is 0 Å². The molecule has 2 atom stereocenters. The molecule has 0 aliphatic heterocycles. The van der Waals surface area contributed by atoms with Gasteiger partial charge in [0.25, 0.3) is 0 Å². The molecule has 0 radical (unpaired) electrons. The van der Waals surface area contributed by atoms with E-state index in [-0.39, 0.29) is 12.1 Å². The lowest BCUT2D eigenvalue weighted by atomic mass is 9.85. The number of benzene rings is 1. The van der Waals surface area contributed by atoms with E-state index in [4.69, 9.17) is 11.5 Å². The average Bonchev–Trinajstić information content (AvgIpc) is 2.38. The maximum Gasteiger partial charge on any atom is 0.00420 e. The molecular formula is C16H28N2. The zero-order valence-corrected chi connectivity index (χ0v) is 12.0. The summed E-state index contributed by atoms with van der Waals surface area (Å²) in [5.74, 6) is 0.496. The van der Waals surface area contributed by atoms with Crippen molar-refractivity contribution in [2.75, 3.05) is 0 Å². The van der Waals surface area contributed by atoms with Crippen molar-refractivity contribution in [3.8, 4) is 0 Å². The Morgan fingerprint density at radius 3 is 1.72 bits per heavy atom. The fourth-order valence-electron chi connectivity index (χ4n) is 2.27. The van der Waals surface area contributed by atoms with Crippen LogP contribution in [0.2, 0.25) is 0 Å². The first kappa shape index (κ1) is 15.2. The van der Waals surface area contributed by atoms with Gasteiger partial charge in [0.15, 0.2) is 0 Å². The van der Waals surface area contributed by atoms with Crippen molar-refractivity contribution in [3.05, 3.63) is 35.4 Å². The van der Waals surface area contributed by atoms with Crippen LogP contribution >= 0.6 is 0 Å². The van der Waals surface area contributed by atoms with E-state index < -0.39 is 0 Å². The van der Waals surface area contributed by atoms with Gasteiger partial charge < -0.3 is 11.5 Å². The van der Waals surface area contributed by atoms with Crippen molar-refractivity contribution in [3.63, 3.8) is 0 Å². The van der Waals surface area contributed by atoms with Crippen LogP contribution in [-0.2, 0) is 0 Å². The van der Waals surface area contributed by atoms with Gasteiger partial charge in [-0.3, -0.25) is 0 Å². The predicted octanol–water partition coefficient (Wildman–Crippen LogP) is 3.33. The molecule has 1 rings (SSSR count). The summed E-state index contributed by atoms with van der Waals surface area (Å²) in [6, 6.07) is 9.37. The number of nitrogens with two attached hydrogens (primary N) is 2. The lowest BCUT2D eigenvalue weighted by Crippen LogP contribution is -2.27. The first-order valence-corrected chi connectivity index (χ1v) is 7.14. The van der Waals surface area contributed by atoms with Crippen molar-refractivity contribution >= 4 is 0 Å². The van der Waals surface area contributed by atoms with Gasteiger partial charge in [-0.2, -0.15) is 0 Å². The Balaban J connectivity index is 2.78. The third kappa shape index (κ3) is 4.79. The minimum Gasteiger partial charge on any atom is -0.328 e. The fraction of sp³-hybridized carbons (Fsp3) is 0.625. The third-order valence-electron chi connectivity index (χ3n) is 3.77. The number of hydrogen-bond donors (Lipinski definition) is 2. The Labute approximate surface area is 112 Å². The van der Waals surface area contributed by atoms with Crippen molar-refractivity contribution in [2.24, 2.45) is 11.5 Å². The highest BCUT2D eigenvalue weighted by Crippen LogP contribution is 2.27. The number of aryl methyl sites for hydroxylation is 1. The summed E-state index contributed by atoms with van der Waals surface area (Å²) in [6.07, 6.45) is 4.13. The summed E-state index contributed by atoms with van der Waals surface area (Å²) in [6.45, 7) is 6.42. The zero-order chi connectivity index (χ0) is 13.5. The molecule has 2 unspecified atom stereocenters. The van der Waals surface area contributed by atoms with Gasteiger partial charge in [-0.15, -0.1) is 0 Å². The normalized spacial score (nSPS) is 16.3. The van der Waals surface area contributed by atoms with Crippen LogP contribution in [0.15, 0.2) is 24.3 Å². The van der Waals surface area contributed by atoms with E-state index in [0.717, 1.165) is 25.7 Å². The van der Waals surface area contributed by atoms with E-state index in [1.165, 1.54) is 11.1 Å². The van der Waals surface area contributed by atoms with E-state index in [0.29, 0.717) is 5.92 Å². The predicted molar refractivity (Wildman–Crippen MR) is 79.7 cm³/mol. The summed E-state index contributed by atoms with van der Waals surface area (Å²) in [5, 5.41) is 0. The van der Waals surface area contributed by atoms with Gasteiger partial charge >= 0.3 is 0 Å². The van der Waals surface area contributed by atoms with Gasteiger partial charge in [-0.25, -0.2) is 0 Å². The zero-order valence-electron chi connectivity index (χ0n) is 12.0. The third-order valence-corrected chi connectivity index (χ3v) is 3.77. The number of hydrogen-bond acceptors (Lipinski definition) is 2. The van der Waals surface area contributed by atoms with Gasteiger partial charge in [-0.05, 0) is 44.1 Å². The molecule has 0 amide bonds. The Morgan fingerprint density at radius 2 is 1.33 bits per heavy atom. The van der Waals surface area contributed by atoms with E-state index in [2.05, 4.69) is 45.0 Å². The molecule has 102 valence electrons. The molecule has 0 bridgehead atoms. The summed E-state index contributed by atoms with van der Waals surface area (Å²) in [4.78, 5) is 0. The molecule has 4 N–H and O–H groups in total. The molecule has 0 aliphatic carbocycles. The van der Waals surface area contributed by atoms with Crippen LogP contribution in [0.25, 0.3) is 0 Å². The van der Waals surface area contributed by atoms with Crippen molar-refractivity contribution < 1.29 is 0 Å². The van der Waals surface area contributed by atoms with Crippen molar-refractivity contribution in [1.29, 1.82) is 0 Å². The molecule has 0 fully saturated rings. The molecule has 2 heteroatoms. The van der Waals surface area contributed by atoms with Crippen LogP contribution in [0.5, 0.6) is 0 Å². The van der Waals surface area contributed by atoms with E-state index >= 15 is 0 Å². The maximum atomic E-state index is 6.12. The average molecular weight is 248 g/mol. The lowest BCUT2D eigenvalue weighted by Gasteiger charge is -2.23. The second-order valence-corrected chi connectivity index (χ2v) is 5.42. The highest BCUT2D eigenvalue weighted by Gasteiger charge is 2.17. The second kappa shape index (κ2) is 7.55. The topological polar surface area (TPSA) is 52.0 Å². The molecular weight excluding hydrogens is 220 g/mol. The summed E-state index contributed by atoms with van der Waals surface area (Å²) >= 11 is 0. The van der Waals surface area contributed by atoms with Crippen LogP contribution in [0.4, 0.5) is 0 Å². The Hall–Kier alpha value is -0.860. The monoisotopic (exact) mass is 248 g/mol. The van der Waals surface area contributed by atoms with Gasteiger partial charge in [0.2, 0.25) is 0 Å². The SMILES string of the molecule is CCC(N)CC(CC(N)CC)c1ccc(C)cc1. The van der Waals surface area contributed by atoms with Crippen LogP contribution in [0.1, 0.15) is 56.6 Å². The second-order valence-electron chi connectivity index (χ2n) is 5.42. The quantitative estimate of drug-likeness (QED) is 0.777. The van der Waals surface area contributed by atoms with Gasteiger partial charge in [0.1, 0.15) is 0 Å². The highest BCUT2D eigenvalue weighted by molar-refractivity contribution is 5.25. The molecule has 0 aromatic heterocycles. The molecule has 0 spiro atoms. The van der Waals surface area contributed by atoms with Crippen LogP contribution in [-0.4, -0.2) is 12.1 Å². The largest absolute Gasteiger partial charge is 0.328 e. The highest BCUT2D eigenvalue weighted by atomic mass is 14.6. The first-order chi connectivity index (χ1) is 8.56. The smallest absolute Gasteiger partial charge is 0.00420 e. The van der Waals surface area contributed by atoms with Crippen molar-refractivity contribution in [2.45, 2.75) is 64.5 Å². The van der Waals surface area contributed by atoms with Crippen LogP contribution < -0.4 is 11.5 Å². The number of rotatable bonds is 7. The lowest BCUT2D eigenvalue weighted by molar-refractivity contribution is 0.447. The molecule has 1 aromatic carbocycles. The Morgan fingerprint density at radius 1 is 0.889 bits per heavy atom. The Kier molecular flexibility index (Phi) is 6.37. The summed E-state index contributed by atoms with van der Waals surface area (Å²) in [7, 11) is 0. The fourth-order valence-corrected chi connectivity index (χ4v) is 2.27. The van der Waals surface area contributed by atoms with Crippen molar-refractivity contribution in [1.82, 2.24) is 0 Å². The van der Waals surface area contributed by atoms with E-state index in [9.17, 15) is 0 Å². The van der Waals surface area contributed by atoms with Gasteiger partial charge in [0.05, 0.1) is 0 Å². The minimum atomic E-state index is 0.278. The van der Waals surface area contributed by atoms with E-state index in [1.807, 2.05) is 0 Å². The molecule has 0 aliphatic rings. The minimum absolute atomic E-state index is 0.278. The van der Waals surface area contributed by atoms with Gasteiger partial charge in [0, 0.05) is 12.1 Å². The maximum absolute atomic E-state index is 6.12. The summed E-state index contributed by atoms with van der Waals surface area (Å²) in [5.41, 5.74) is 14.9. The summed E-state index contributed by atoms with van der Waals surface area (Å²) < 4.78 is 0.